The normalized spacial score (nSPS) is 25.0. The number of aliphatic imine (C=N–C) groups is 1. The summed E-state index contributed by atoms with van der Waals surface area (Å²) in [7, 11) is 1.47. The van der Waals surface area contributed by atoms with Crippen LogP contribution < -0.4 is 15.8 Å². The Morgan fingerprint density at radius 2 is 2.17 bits per heavy atom. The fourth-order valence-electron chi connectivity index (χ4n) is 4.28. The van der Waals surface area contributed by atoms with Crippen molar-refractivity contribution in [3.63, 3.8) is 0 Å². The molecule has 3 N–H and O–H groups in total. The van der Waals surface area contributed by atoms with Crippen LogP contribution in [-0.4, -0.2) is 33.9 Å². The van der Waals surface area contributed by atoms with E-state index in [0.717, 1.165) is 18.6 Å². The molecule has 0 bridgehead atoms. The third-order valence-corrected chi connectivity index (χ3v) is 6.48. The van der Waals surface area contributed by atoms with Crippen LogP contribution in [0.4, 0.5) is 14.8 Å². The van der Waals surface area contributed by atoms with E-state index in [1.807, 2.05) is 0 Å². The molecule has 2 aromatic rings. The number of fused-ring (bicyclic) bond motifs is 1. The van der Waals surface area contributed by atoms with Gasteiger partial charge in [0.25, 0.3) is 5.91 Å². The summed E-state index contributed by atoms with van der Waals surface area (Å²) in [6.07, 6.45) is 4.40. The molecule has 1 amide bonds. The second-order valence-corrected chi connectivity index (χ2v) is 8.56. The molecule has 1 aromatic heterocycles. The minimum atomic E-state index is -0.681. The van der Waals surface area contributed by atoms with Crippen LogP contribution >= 0.6 is 11.8 Å². The Balaban J connectivity index is 0.00000256. The molecule has 1 aliphatic heterocycles. The summed E-state index contributed by atoms with van der Waals surface area (Å²) in [6.45, 7) is 2.16. The van der Waals surface area contributed by atoms with Gasteiger partial charge in [-0.3, -0.25) is 14.5 Å². The number of carbonyl (C=O) groups is 1. The number of nitrogens with two attached hydrogens (primary N) is 1. The van der Waals surface area contributed by atoms with Crippen molar-refractivity contribution in [1.82, 2.24) is 9.97 Å². The molecule has 2 aliphatic rings. The van der Waals surface area contributed by atoms with Gasteiger partial charge in [0.2, 0.25) is 5.88 Å². The predicted octanol–water partition coefficient (Wildman–Crippen LogP) is 3.33. The van der Waals surface area contributed by atoms with Crippen LogP contribution in [0.2, 0.25) is 0 Å². The zero-order valence-corrected chi connectivity index (χ0v) is 17.4. The lowest BCUT2D eigenvalue weighted by Gasteiger charge is -2.36. The van der Waals surface area contributed by atoms with Crippen LogP contribution in [0.1, 0.15) is 35.8 Å². The monoisotopic (exact) mass is 435 g/mol. The molecule has 1 aliphatic carbocycles. The molecule has 30 heavy (non-hydrogen) atoms. The number of hydrogen-bond donors (Lipinski definition) is 2. The van der Waals surface area contributed by atoms with Gasteiger partial charge in [-0.2, -0.15) is 0 Å². The van der Waals surface area contributed by atoms with E-state index in [4.69, 9.17) is 15.5 Å². The van der Waals surface area contributed by atoms with Crippen LogP contribution in [0.25, 0.3) is 0 Å². The van der Waals surface area contributed by atoms with Crippen LogP contribution in [0, 0.1) is 17.7 Å². The first-order valence-electron chi connectivity index (χ1n) is 9.37. The maximum Gasteiger partial charge on any atom is 0.275 e. The molecule has 10 heteroatoms. The molecule has 3 atom stereocenters. The summed E-state index contributed by atoms with van der Waals surface area (Å²) < 4.78 is 19.9. The summed E-state index contributed by atoms with van der Waals surface area (Å²) in [5.41, 5.74) is 6.43. The first-order chi connectivity index (χ1) is 13.9. The number of nitrogens with zero attached hydrogens (tertiary/aromatic N) is 3. The number of amidine groups is 1. The number of anilines is 1. The molecule has 0 spiro atoms. The van der Waals surface area contributed by atoms with Gasteiger partial charge in [0.05, 0.1) is 25.0 Å². The number of nitrogens with one attached hydrogen (secondary N) is 1. The Labute approximate surface area is 177 Å². The number of thioether (sulfide) groups is 1. The topological polar surface area (TPSA) is 102 Å². The number of hydrogen-bond acceptors (Lipinski definition) is 7. The van der Waals surface area contributed by atoms with Gasteiger partial charge < -0.3 is 15.8 Å². The zero-order chi connectivity index (χ0) is 20.6. The Morgan fingerprint density at radius 1 is 1.37 bits per heavy atom. The van der Waals surface area contributed by atoms with Crippen molar-refractivity contribution in [3.8, 4) is 5.88 Å². The van der Waals surface area contributed by atoms with Gasteiger partial charge >= 0.3 is 0 Å². The van der Waals surface area contributed by atoms with Gasteiger partial charge in [0.15, 0.2) is 5.17 Å². The van der Waals surface area contributed by atoms with Crippen molar-refractivity contribution < 1.29 is 18.6 Å². The molecule has 160 valence electrons. The van der Waals surface area contributed by atoms with E-state index in [9.17, 15) is 9.18 Å². The summed E-state index contributed by atoms with van der Waals surface area (Å²) >= 11 is 1.52. The summed E-state index contributed by atoms with van der Waals surface area (Å²) in [5.74, 6) is 0.988. The van der Waals surface area contributed by atoms with E-state index >= 15 is 0 Å². The van der Waals surface area contributed by atoms with Crippen LogP contribution in [0.15, 0.2) is 35.6 Å². The molecule has 7 nitrogen and oxygen atoms in total. The lowest BCUT2D eigenvalue weighted by atomic mass is 9.81. The van der Waals surface area contributed by atoms with Crippen molar-refractivity contribution >= 4 is 28.5 Å². The van der Waals surface area contributed by atoms with E-state index in [2.05, 4.69) is 22.2 Å². The first kappa shape index (κ1) is 21.9. The van der Waals surface area contributed by atoms with Gasteiger partial charge in [-0.05, 0) is 42.9 Å². The highest BCUT2D eigenvalue weighted by Crippen LogP contribution is 2.53. The van der Waals surface area contributed by atoms with Gasteiger partial charge in [-0.15, -0.1) is 0 Å². The minimum absolute atomic E-state index is 0. The quantitative estimate of drug-likeness (QED) is 0.764. The lowest BCUT2D eigenvalue weighted by molar-refractivity contribution is 0.102. The lowest BCUT2D eigenvalue weighted by Crippen LogP contribution is -2.37. The summed E-state index contributed by atoms with van der Waals surface area (Å²) in [6, 6.07) is 4.57. The van der Waals surface area contributed by atoms with E-state index in [0.29, 0.717) is 28.2 Å². The third kappa shape index (κ3) is 3.96. The number of halogens is 2. The summed E-state index contributed by atoms with van der Waals surface area (Å²) in [5, 5.41) is 3.25. The molecule has 1 fully saturated rings. The Hall–Kier alpha value is -2.75. The first-order valence-corrected chi connectivity index (χ1v) is 10.4. The Kier molecular flexibility index (Phi) is 6.25. The van der Waals surface area contributed by atoms with Crippen molar-refractivity contribution in [2.45, 2.75) is 25.3 Å². The number of rotatable bonds is 4. The molecular formula is C20H23F2N5O2S. The highest BCUT2D eigenvalue weighted by molar-refractivity contribution is 8.13. The Morgan fingerprint density at radius 3 is 2.87 bits per heavy atom. The maximum atomic E-state index is 14.9. The van der Waals surface area contributed by atoms with Gasteiger partial charge in [0.1, 0.15) is 11.5 Å². The predicted molar refractivity (Wildman–Crippen MR) is 113 cm³/mol. The molecule has 0 radical (unpaired) electrons. The van der Waals surface area contributed by atoms with Crippen molar-refractivity contribution in [2.75, 3.05) is 18.2 Å². The molecule has 1 aromatic carbocycles. The highest BCUT2D eigenvalue weighted by atomic mass is 32.2. The number of methoxy groups -OCH3 is 1. The highest BCUT2D eigenvalue weighted by Gasteiger charge is 2.50. The molecule has 1 saturated carbocycles. The third-order valence-electron chi connectivity index (χ3n) is 5.52. The molecule has 2 heterocycles. The van der Waals surface area contributed by atoms with Gasteiger partial charge in [-0.1, -0.05) is 18.7 Å². The van der Waals surface area contributed by atoms with Gasteiger partial charge in [-0.25, -0.2) is 14.4 Å². The SMILES string of the molecule is COc1cnc(C(=O)Nc2ccc(F)c([C@]34C[C@H](C)C[C@H]3CSC(N)=N4)c2)cn1.F. The van der Waals surface area contributed by atoms with Crippen molar-refractivity contribution in [3.05, 3.63) is 47.7 Å². The van der Waals surface area contributed by atoms with Crippen molar-refractivity contribution in [2.24, 2.45) is 22.6 Å². The van der Waals surface area contributed by atoms with E-state index < -0.39 is 11.4 Å². The summed E-state index contributed by atoms with van der Waals surface area (Å²) in [4.78, 5) is 25.3. The molecular weight excluding hydrogens is 412 g/mol. The fourth-order valence-corrected chi connectivity index (χ4v) is 5.29. The standard InChI is InChI=1S/C20H22FN5O2S.FH/c1-11-5-12-10-29-19(22)26-20(12,7-11)14-6-13(3-4-15(14)21)25-18(27)16-8-24-17(28-2)9-23-16;/h3-4,6,8-9,11-12H,5,7,10H2,1-2H3,(H2,22,26)(H,25,27);1H/t11-,12+,20+;/m1./s1. The average molecular weight is 436 g/mol. The van der Waals surface area contributed by atoms with Gasteiger partial charge in [0, 0.05) is 17.0 Å². The largest absolute Gasteiger partial charge is 0.480 e. The van der Waals surface area contributed by atoms with E-state index in [1.54, 1.807) is 6.07 Å². The molecule has 4 rings (SSSR count). The smallest absolute Gasteiger partial charge is 0.275 e. The number of amides is 1. The van der Waals surface area contributed by atoms with Crippen LogP contribution in [0.5, 0.6) is 5.88 Å². The van der Waals surface area contributed by atoms with Crippen LogP contribution in [0.3, 0.4) is 0 Å². The van der Waals surface area contributed by atoms with Crippen molar-refractivity contribution in [1.29, 1.82) is 0 Å². The number of aromatic nitrogens is 2. The van der Waals surface area contributed by atoms with E-state index in [-0.39, 0.29) is 22.1 Å². The zero-order valence-electron chi connectivity index (χ0n) is 16.6. The number of benzene rings is 1. The van der Waals surface area contributed by atoms with E-state index in [1.165, 1.54) is 43.4 Å². The fraction of sp³-hybridized carbons (Fsp3) is 0.400. The molecule has 0 saturated heterocycles. The second kappa shape index (κ2) is 8.55. The molecule has 0 unspecified atom stereocenters. The number of ether oxygens (including phenoxy) is 1. The maximum absolute atomic E-state index is 14.9. The average Bonchev–Trinajstić information content (AvgIpc) is 3.05. The second-order valence-electron chi connectivity index (χ2n) is 7.52. The minimum Gasteiger partial charge on any atom is -0.480 e. The Bertz CT molecular complexity index is 972. The van der Waals surface area contributed by atoms with Crippen LogP contribution in [-0.2, 0) is 5.54 Å². The number of carbonyl (C=O) groups excluding carboxylic acids is 1.